The summed E-state index contributed by atoms with van der Waals surface area (Å²) in [5.41, 5.74) is 0.228. The van der Waals surface area contributed by atoms with Gasteiger partial charge < -0.3 is 14.7 Å². The summed E-state index contributed by atoms with van der Waals surface area (Å²) in [7, 11) is 0. The molecule has 0 aliphatic carbocycles. The van der Waals surface area contributed by atoms with Gasteiger partial charge in [-0.25, -0.2) is 4.39 Å². The van der Waals surface area contributed by atoms with Gasteiger partial charge in [-0.3, -0.25) is 4.90 Å². The molecule has 0 radical (unpaired) electrons. The molecule has 0 spiro atoms. The highest BCUT2D eigenvalue weighted by Crippen LogP contribution is 2.30. The molecule has 2 aromatic carbocycles. The van der Waals surface area contributed by atoms with Crippen LogP contribution >= 0.6 is 0 Å². The normalized spacial score (nSPS) is 16.8. The maximum Gasteiger partial charge on any atom is 0.416 e. The van der Waals surface area contributed by atoms with Crippen LogP contribution in [0.1, 0.15) is 5.56 Å². The van der Waals surface area contributed by atoms with E-state index in [0.717, 1.165) is 44.0 Å². The van der Waals surface area contributed by atoms with E-state index < -0.39 is 17.8 Å². The molecule has 1 fully saturated rings. The molecule has 2 aromatic rings. The van der Waals surface area contributed by atoms with E-state index in [2.05, 4.69) is 9.80 Å². The SMILES string of the molecule is O[C@@H](COc1ccc(C(F)(F)F)cc1)CN1CCN(c2ccc(F)cc2)CC1. The Hall–Kier alpha value is -2.32. The second-order valence-corrected chi connectivity index (χ2v) is 6.75. The third-order valence-corrected chi connectivity index (χ3v) is 4.66. The molecular formula is C20H22F4N2O2. The summed E-state index contributed by atoms with van der Waals surface area (Å²) in [4.78, 5) is 4.25. The van der Waals surface area contributed by atoms with Crippen molar-refractivity contribution in [3.63, 3.8) is 0 Å². The van der Waals surface area contributed by atoms with Gasteiger partial charge in [-0.2, -0.15) is 13.2 Å². The van der Waals surface area contributed by atoms with E-state index >= 15 is 0 Å². The topological polar surface area (TPSA) is 35.9 Å². The van der Waals surface area contributed by atoms with Gasteiger partial charge in [-0.15, -0.1) is 0 Å². The van der Waals surface area contributed by atoms with Crippen LogP contribution in [0.3, 0.4) is 0 Å². The van der Waals surface area contributed by atoms with Gasteiger partial charge in [-0.1, -0.05) is 0 Å². The number of alkyl halides is 3. The summed E-state index contributed by atoms with van der Waals surface area (Å²) in [6.07, 6.45) is -5.13. The Kier molecular flexibility index (Phi) is 6.41. The van der Waals surface area contributed by atoms with E-state index in [4.69, 9.17) is 4.74 Å². The quantitative estimate of drug-likeness (QED) is 0.757. The van der Waals surface area contributed by atoms with Crippen LogP contribution in [0, 0.1) is 5.82 Å². The smallest absolute Gasteiger partial charge is 0.416 e. The highest BCUT2D eigenvalue weighted by molar-refractivity contribution is 5.46. The fraction of sp³-hybridized carbons (Fsp3) is 0.400. The monoisotopic (exact) mass is 398 g/mol. The van der Waals surface area contributed by atoms with E-state index in [1.165, 1.54) is 24.3 Å². The second kappa shape index (κ2) is 8.79. The Morgan fingerprint density at radius 2 is 1.54 bits per heavy atom. The number of piperazine rings is 1. The molecule has 152 valence electrons. The van der Waals surface area contributed by atoms with E-state index in [1.807, 2.05) is 0 Å². The lowest BCUT2D eigenvalue weighted by molar-refractivity contribution is -0.137. The van der Waals surface area contributed by atoms with Crippen molar-refractivity contribution >= 4 is 5.69 Å². The average Bonchev–Trinajstić information content (AvgIpc) is 2.67. The van der Waals surface area contributed by atoms with Crippen LogP contribution in [0.4, 0.5) is 23.2 Å². The van der Waals surface area contributed by atoms with Gasteiger partial charge in [0.15, 0.2) is 0 Å². The zero-order valence-electron chi connectivity index (χ0n) is 15.2. The summed E-state index contributed by atoms with van der Waals surface area (Å²) in [6, 6.07) is 10.8. The van der Waals surface area contributed by atoms with Gasteiger partial charge in [-0.05, 0) is 48.5 Å². The molecule has 0 bridgehead atoms. The third kappa shape index (κ3) is 5.59. The number of halogens is 4. The van der Waals surface area contributed by atoms with Crippen molar-refractivity contribution in [3.05, 3.63) is 59.9 Å². The molecule has 1 heterocycles. The molecule has 0 amide bonds. The molecule has 28 heavy (non-hydrogen) atoms. The van der Waals surface area contributed by atoms with Crippen molar-refractivity contribution in [1.29, 1.82) is 0 Å². The number of ether oxygens (including phenoxy) is 1. The molecule has 0 aromatic heterocycles. The second-order valence-electron chi connectivity index (χ2n) is 6.75. The third-order valence-electron chi connectivity index (χ3n) is 4.66. The number of anilines is 1. The van der Waals surface area contributed by atoms with Crippen molar-refractivity contribution in [2.45, 2.75) is 12.3 Å². The van der Waals surface area contributed by atoms with Gasteiger partial charge in [0, 0.05) is 38.4 Å². The van der Waals surface area contributed by atoms with E-state index in [-0.39, 0.29) is 18.2 Å². The molecule has 8 heteroatoms. The number of hydrogen-bond donors (Lipinski definition) is 1. The Labute approximate surface area is 160 Å². The van der Waals surface area contributed by atoms with Gasteiger partial charge in [0.1, 0.15) is 24.3 Å². The first-order valence-electron chi connectivity index (χ1n) is 9.02. The van der Waals surface area contributed by atoms with Gasteiger partial charge >= 0.3 is 6.18 Å². The first-order chi connectivity index (χ1) is 13.3. The fourth-order valence-corrected chi connectivity index (χ4v) is 3.12. The first-order valence-corrected chi connectivity index (χ1v) is 9.02. The Morgan fingerprint density at radius 1 is 0.929 bits per heavy atom. The maximum atomic E-state index is 13.0. The number of benzene rings is 2. The molecule has 1 atom stereocenters. The largest absolute Gasteiger partial charge is 0.491 e. The number of nitrogens with zero attached hydrogens (tertiary/aromatic N) is 2. The molecule has 3 rings (SSSR count). The predicted molar refractivity (Wildman–Crippen MR) is 98.0 cm³/mol. The predicted octanol–water partition coefficient (Wildman–Crippen LogP) is 3.41. The lowest BCUT2D eigenvalue weighted by atomic mass is 10.2. The summed E-state index contributed by atoms with van der Waals surface area (Å²) in [6.45, 7) is 3.43. The molecule has 1 N–H and O–H groups in total. The maximum absolute atomic E-state index is 13.0. The zero-order chi connectivity index (χ0) is 20.1. The Balaban J connectivity index is 1.41. The summed E-state index contributed by atoms with van der Waals surface area (Å²) in [5.74, 6) is 0.0201. The van der Waals surface area contributed by atoms with Crippen molar-refractivity contribution in [2.75, 3.05) is 44.2 Å². The number of β-amino-alcohol motifs (C(OH)–C–C–N with tert-alkyl or cyclic N) is 1. The number of rotatable bonds is 6. The first kappa shape index (κ1) is 20.4. The minimum atomic E-state index is -4.38. The number of aliphatic hydroxyl groups is 1. The number of aliphatic hydroxyl groups excluding tert-OH is 1. The lowest BCUT2D eigenvalue weighted by Gasteiger charge is -2.36. The Bertz CT molecular complexity index is 742. The van der Waals surface area contributed by atoms with Gasteiger partial charge in [0.2, 0.25) is 0 Å². The van der Waals surface area contributed by atoms with Crippen LogP contribution < -0.4 is 9.64 Å². The van der Waals surface area contributed by atoms with Crippen molar-refractivity contribution in [1.82, 2.24) is 4.90 Å². The van der Waals surface area contributed by atoms with Crippen molar-refractivity contribution < 1.29 is 27.4 Å². The summed E-state index contributed by atoms with van der Waals surface area (Å²) in [5, 5.41) is 10.2. The van der Waals surface area contributed by atoms with E-state index in [9.17, 15) is 22.7 Å². The van der Waals surface area contributed by atoms with Crippen LogP contribution in [-0.2, 0) is 6.18 Å². The molecule has 1 aliphatic heterocycles. The highest BCUT2D eigenvalue weighted by Gasteiger charge is 2.30. The van der Waals surface area contributed by atoms with Gasteiger partial charge in [0.25, 0.3) is 0 Å². The van der Waals surface area contributed by atoms with E-state index in [0.29, 0.717) is 6.54 Å². The molecule has 1 aliphatic rings. The molecule has 4 nitrogen and oxygen atoms in total. The van der Waals surface area contributed by atoms with Crippen molar-refractivity contribution in [2.24, 2.45) is 0 Å². The van der Waals surface area contributed by atoms with Gasteiger partial charge in [0.05, 0.1) is 5.56 Å². The van der Waals surface area contributed by atoms with Crippen LogP contribution in [0.2, 0.25) is 0 Å². The van der Waals surface area contributed by atoms with Crippen molar-refractivity contribution in [3.8, 4) is 5.75 Å². The van der Waals surface area contributed by atoms with Crippen LogP contribution in [0.15, 0.2) is 48.5 Å². The summed E-state index contributed by atoms with van der Waals surface area (Å²) < 4.78 is 56.0. The minimum Gasteiger partial charge on any atom is -0.491 e. The zero-order valence-corrected chi connectivity index (χ0v) is 15.2. The lowest BCUT2D eigenvalue weighted by Crippen LogP contribution is -2.49. The minimum absolute atomic E-state index is 0.00351. The molecule has 0 saturated carbocycles. The van der Waals surface area contributed by atoms with Crippen LogP contribution in [0.5, 0.6) is 5.75 Å². The highest BCUT2D eigenvalue weighted by atomic mass is 19.4. The Morgan fingerprint density at radius 3 is 2.11 bits per heavy atom. The van der Waals surface area contributed by atoms with E-state index in [1.54, 1.807) is 12.1 Å². The molecule has 1 saturated heterocycles. The molecular weight excluding hydrogens is 376 g/mol. The van der Waals surface area contributed by atoms with Crippen LogP contribution in [0.25, 0.3) is 0 Å². The standard InChI is InChI=1S/C20H22F4N2O2/c21-16-3-5-17(6-4-16)26-11-9-25(10-12-26)13-18(27)14-28-19-7-1-15(2-8-19)20(22,23)24/h1-8,18,27H,9-14H2/t18-/m1/s1. The fourth-order valence-electron chi connectivity index (χ4n) is 3.12. The average molecular weight is 398 g/mol. The molecule has 0 unspecified atom stereocenters. The summed E-state index contributed by atoms with van der Waals surface area (Å²) >= 11 is 0. The number of hydrogen-bond acceptors (Lipinski definition) is 4. The van der Waals surface area contributed by atoms with Crippen LogP contribution in [-0.4, -0.2) is 55.4 Å².